The van der Waals surface area contributed by atoms with Gasteiger partial charge in [-0.25, -0.2) is 8.42 Å². The highest BCUT2D eigenvalue weighted by molar-refractivity contribution is 8.13. The third kappa shape index (κ3) is 3.70. The van der Waals surface area contributed by atoms with Gasteiger partial charge >= 0.3 is 0 Å². The molecule has 0 aromatic heterocycles. The van der Waals surface area contributed by atoms with E-state index < -0.39 is 14.4 Å². The molecule has 6 heteroatoms. The van der Waals surface area contributed by atoms with Crippen LogP contribution >= 0.6 is 35.0 Å². The number of thioether (sulfide) groups is 1. The second kappa shape index (κ2) is 6.85. The van der Waals surface area contributed by atoms with E-state index in [2.05, 4.69) is 0 Å². The van der Waals surface area contributed by atoms with Gasteiger partial charge in [-0.2, -0.15) is 0 Å². The predicted molar refractivity (Wildman–Crippen MR) is 85.4 cm³/mol. The Labute approximate surface area is 133 Å². The van der Waals surface area contributed by atoms with Crippen LogP contribution in [0.15, 0.2) is 64.4 Å². The second-order valence-electron chi connectivity index (χ2n) is 4.01. The quantitative estimate of drug-likeness (QED) is 0.591. The van der Waals surface area contributed by atoms with Crippen LogP contribution in [0, 0.1) is 0 Å². The Hall–Kier alpha value is -0.680. The van der Waals surface area contributed by atoms with Gasteiger partial charge in [0.25, 0.3) is 0 Å². The summed E-state index contributed by atoms with van der Waals surface area (Å²) in [7, 11) is -3.49. The maximum atomic E-state index is 12.5. The predicted octanol–water partition coefficient (Wildman–Crippen LogP) is 4.47. The van der Waals surface area contributed by atoms with Crippen LogP contribution in [0.3, 0.4) is 0 Å². The van der Waals surface area contributed by atoms with Crippen molar-refractivity contribution in [2.75, 3.05) is 5.88 Å². The van der Waals surface area contributed by atoms with Crippen molar-refractivity contribution in [3.05, 3.63) is 59.6 Å². The molecule has 0 bridgehead atoms. The third-order valence-electron chi connectivity index (χ3n) is 2.62. The zero-order chi connectivity index (χ0) is 14.6. The molecular formula is C14H12Cl2O2S2. The van der Waals surface area contributed by atoms with E-state index in [1.54, 1.807) is 12.1 Å². The summed E-state index contributed by atoms with van der Waals surface area (Å²) in [6.45, 7) is 0. The lowest BCUT2D eigenvalue weighted by molar-refractivity contribution is 0.595. The molecule has 2 nitrogen and oxygen atoms in total. The zero-order valence-corrected chi connectivity index (χ0v) is 13.5. The standard InChI is InChI=1S/C14H12Cl2O2S2/c15-10-14(19-12-4-2-1-3-5-12)20(17,18)13-8-6-11(16)7-9-13/h1-9,14H,10H2. The van der Waals surface area contributed by atoms with E-state index in [4.69, 9.17) is 23.2 Å². The third-order valence-corrected chi connectivity index (χ3v) is 7.36. The first-order valence-corrected chi connectivity index (χ1v) is 9.15. The van der Waals surface area contributed by atoms with Gasteiger partial charge in [-0.15, -0.1) is 23.4 Å². The maximum absolute atomic E-state index is 12.5. The Morgan fingerprint density at radius 2 is 1.60 bits per heavy atom. The van der Waals surface area contributed by atoms with Crippen molar-refractivity contribution >= 4 is 44.8 Å². The monoisotopic (exact) mass is 346 g/mol. The molecule has 20 heavy (non-hydrogen) atoms. The Balaban J connectivity index is 2.28. The number of hydrogen-bond acceptors (Lipinski definition) is 3. The van der Waals surface area contributed by atoms with Crippen LogP contribution in [-0.4, -0.2) is 18.9 Å². The fourth-order valence-corrected chi connectivity index (χ4v) is 5.26. The highest BCUT2D eigenvalue weighted by atomic mass is 35.5. The topological polar surface area (TPSA) is 34.1 Å². The normalized spacial score (nSPS) is 13.1. The van der Waals surface area contributed by atoms with Crippen LogP contribution < -0.4 is 0 Å². The van der Waals surface area contributed by atoms with E-state index in [1.165, 1.54) is 23.9 Å². The van der Waals surface area contributed by atoms with Crippen molar-refractivity contribution in [2.24, 2.45) is 0 Å². The van der Waals surface area contributed by atoms with Crippen molar-refractivity contribution in [3.63, 3.8) is 0 Å². The summed E-state index contributed by atoms with van der Waals surface area (Å²) in [5, 5.41) is 0.502. The van der Waals surface area contributed by atoms with Gasteiger partial charge in [-0.3, -0.25) is 0 Å². The molecule has 0 heterocycles. The SMILES string of the molecule is O=S(=O)(c1ccc(Cl)cc1)C(CCl)Sc1ccccc1. The number of hydrogen-bond donors (Lipinski definition) is 0. The molecule has 2 rings (SSSR count). The van der Waals surface area contributed by atoms with E-state index in [0.717, 1.165) is 4.90 Å². The molecule has 1 unspecified atom stereocenters. The van der Waals surface area contributed by atoms with Crippen molar-refractivity contribution in [1.82, 2.24) is 0 Å². The molecule has 0 amide bonds. The van der Waals surface area contributed by atoms with Crippen LogP contribution in [0.5, 0.6) is 0 Å². The number of alkyl halides is 1. The van der Waals surface area contributed by atoms with Gasteiger partial charge in [0.2, 0.25) is 0 Å². The largest absolute Gasteiger partial charge is 0.222 e. The molecule has 2 aromatic carbocycles. The van der Waals surface area contributed by atoms with Crippen LogP contribution in [0.4, 0.5) is 0 Å². The molecule has 2 aromatic rings. The zero-order valence-electron chi connectivity index (χ0n) is 10.4. The minimum Gasteiger partial charge on any atom is -0.222 e. The summed E-state index contributed by atoms with van der Waals surface area (Å²) in [4.78, 5) is 1.10. The summed E-state index contributed by atoms with van der Waals surface area (Å²) in [5.41, 5.74) is 0. The van der Waals surface area contributed by atoms with E-state index >= 15 is 0 Å². The summed E-state index contributed by atoms with van der Waals surface area (Å²) >= 11 is 12.9. The first-order chi connectivity index (χ1) is 9.54. The molecule has 0 N–H and O–H groups in total. The number of benzene rings is 2. The highest BCUT2D eigenvalue weighted by Crippen LogP contribution is 2.31. The molecule has 0 aliphatic carbocycles. The molecule has 0 aliphatic rings. The first-order valence-electron chi connectivity index (χ1n) is 5.81. The lowest BCUT2D eigenvalue weighted by Gasteiger charge is -2.14. The summed E-state index contributed by atoms with van der Waals surface area (Å²) < 4.78 is 24.3. The molecule has 0 spiro atoms. The van der Waals surface area contributed by atoms with E-state index in [1.807, 2.05) is 30.3 Å². The van der Waals surface area contributed by atoms with Gasteiger partial charge in [0.1, 0.15) is 4.58 Å². The average molecular weight is 347 g/mol. The fourth-order valence-electron chi connectivity index (χ4n) is 1.60. The Morgan fingerprint density at radius 3 is 2.15 bits per heavy atom. The van der Waals surface area contributed by atoms with Crippen LogP contribution in [0.1, 0.15) is 0 Å². The van der Waals surface area contributed by atoms with E-state index in [0.29, 0.717) is 5.02 Å². The summed E-state index contributed by atoms with van der Waals surface area (Å²) in [6, 6.07) is 15.5. The molecule has 0 radical (unpaired) electrons. The van der Waals surface area contributed by atoms with E-state index in [9.17, 15) is 8.42 Å². The fraction of sp³-hybridized carbons (Fsp3) is 0.143. The first kappa shape index (κ1) is 15.7. The van der Waals surface area contributed by atoms with Crippen LogP contribution in [0.25, 0.3) is 0 Å². The molecule has 106 valence electrons. The van der Waals surface area contributed by atoms with Crippen molar-refractivity contribution in [2.45, 2.75) is 14.4 Å². The molecule has 0 saturated carbocycles. The van der Waals surface area contributed by atoms with Crippen molar-refractivity contribution < 1.29 is 8.42 Å². The lowest BCUT2D eigenvalue weighted by Crippen LogP contribution is -2.19. The van der Waals surface area contributed by atoms with Gasteiger partial charge in [-0.05, 0) is 36.4 Å². The van der Waals surface area contributed by atoms with Gasteiger partial charge in [0.15, 0.2) is 9.84 Å². The summed E-state index contributed by atoms with van der Waals surface area (Å²) in [6.07, 6.45) is 0. The Kier molecular flexibility index (Phi) is 5.38. The molecule has 1 atom stereocenters. The smallest absolute Gasteiger partial charge is 0.192 e. The summed E-state index contributed by atoms with van der Waals surface area (Å²) in [5.74, 6) is 0.0184. The molecular weight excluding hydrogens is 335 g/mol. The Morgan fingerprint density at radius 1 is 1.00 bits per heavy atom. The van der Waals surface area contributed by atoms with E-state index in [-0.39, 0.29) is 10.8 Å². The molecule has 0 aliphatic heterocycles. The lowest BCUT2D eigenvalue weighted by atomic mass is 10.4. The minimum atomic E-state index is -3.49. The van der Waals surface area contributed by atoms with Crippen molar-refractivity contribution in [3.8, 4) is 0 Å². The van der Waals surface area contributed by atoms with Crippen LogP contribution in [0.2, 0.25) is 5.02 Å². The second-order valence-corrected chi connectivity index (χ2v) is 8.46. The minimum absolute atomic E-state index is 0.0184. The Bertz CT molecular complexity index is 655. The number of sulfone groups is 1. The number of rotatable bonds is 5. The highest BCUT2D eigenvalue weighted by Gasteiger charge is 2.27. The van der Waals surface area contributed by atoms with Gasteiger partial charge in [0.05, 0.1) is 4.90 Å². The van der Waals surface area contributed by atoms with Crippen LogP contribution in [-0.2, 0) is 9.84 Å². The number of halogens is 2. The molecule has 0 fully saturated rings. The van der Waals surface area contributed by atoms with Crippen molar-refractivity contribution in [1.29, 1.82) is 0 Å². The van der Waals surface area contributed by atoms with Gasteiger partial charge in [0, 0.05) is 15.8 Å². The van der Waals surface area contributed by atoms with Gasteiger partial charge < -0.3 is 0 Å². The average Bonchev–Trinajstić information content (AvgIpc) is 2.46. The maximum Gasteiger partial charge on any atom is 0.192 e. The van der Waals surface area contributed by atoms with Gasteiger partial charge in [-0.1, -0.05) is 29.8 Å². The molecule has 0 saturated heterocycles.